The molecule has 0 fully saturated rings. The normalized spacial score (nSPS) is 9.65. The van der Waals surface area contributed by atoms with E-state index >= 15 is 0 Å². The number of nitrogens with zero attached hydrogens (tertiary/aromatic N) is 2. The van der Waals surface area contributed by atoms with Gasteiger partial charge in [0.05, 0.1) is 11.6 Å². The first-order valence-electron chi connectivity index (χ1n) is 5.02. The SMILES string of the molecule is Cc1cc(=O)[nH]c(Nc2cccc(C#N)c2)n1. The van der Waals surface area contributed by atoms with E-state index in [2.05, 4.69) is 15.3 Å². The van der Waals surface area contributed by atoms with E-state index in [0.717, 1.165) is 0 Å². The van der Waals surface area contributed by atoms with E-state index in [4.69, 9.17) is 5.26 Å². The van der Waals surface area contributed by atoms with Crippen molar-refractivity contribution in [3.8, 4) is 6.07 Å². The second-order valence-electron chi connectivity index (χ2n) is 3.55. The van der Waals surface area contributed by atoms with Crippen LogP contribution in [0.4, 0.5) is 11.6 Å². The fourth-order valence-electron chi connectivity index (χ4n) is 1.44. The third-order valence-corrected chi connectivity index (χ3v) is 2.12. The molecule has 0 aliphatic rings. The molecule has 5 heteroatoms. The Hall–Kier alpha value is -2.61. The molecule has 0 atom stereocenters. The first-order chi connectivity index (χ1) is 8.17. The fraction of sp³-hybridized carbons (Fsp3) is 0.0833. The second kappa shape index (κ2) is 4.49. The lowest BCUT2D eigenvalue weighted by atomic mass is 10.2. The molecule has 0 saturated carbocycles. The highest BCUT2D eigenvalue weighted by Crippen LogP contribution is 2.13. The monoisotopic (exact) mass is 226 g/mol. The Kier molecular flexibility index (Phi) is 2.88. The Morgan fingerprint density at radius 1 is 1.41 bits per heavy atom. The van der Waals surface area contributed by atoms with Crippen molar-refractivity contribution in [1.82, 2.24) is 9.97 Å². The molecule has 84 valence electrons. The molecule has 1 aromatic heterocycles. The molecule has 0 bridgehead atoms. The minimum Gasteiger partial charge on any atom is -0.326 e. The van der Waals surface area contributed by atoms with Gasteiger partial charge in [0.1, 0.15) is 0 Å². The molecule has 0 radical (unpaired) electrons. The number of aromatic amines is 1. The lowest BCUT2D eigenvalue weighted by Gasteiger charge is -2.05. The van der Waals surface area contributed by atoms with Gasteiger partial charge in [-0.3, -0.25) is 9.78 Å². The molecule has 0 aliphatic carbocycles. The number of aromatic nitrogens is 2. The van der Waals surface area contributed by atoms with Crippen molar-refractivity contribution >= 4 is 11.6 Å². The topological polar surface area (TPSA) is 81.6 Å². The predicted octanol–water partition coefficient (Wildman–Crippen LogP) is 1.69. The van der Waals surface area contributed by atoms with Crippen LogP contribution < -0.4 is 10.9 Å². The van der Waals surface area contributed by atoms with Gasteiger partial charge in [0.25, 0.3) is 5.56 Å². The lowest BCUT2D eigenvalue weighted by molar-refractivity contribution is 1.07. The number of anilines is 2. The molecular weight excluding hydrogens is 216 g/mol. The summed E-state index contributed by atoms with van der Waals surface area (Å²) in [6.07, 6.45) is 0. The number of hydrogen-bond acceptors (Lipinski definition) is 4. The first-order valence-corrected chi connectivity index (χ1v) is 5.02. The first kappa shape index (κ1) is 10.9. The Morgan fingerprint density at radius 2 is 2.24 bits per heavy atom. The van der Waals surface area contributed by atoms with Gasteiger partial charge in [0.15, 0.2) is 0 Å². The summed E-state index contributed by atoms with van der Waals surface area (Å²) in [5.74, 6) is 0.366. The molecule has 2 rings (SSSR count). The Balaban J connectivity index is 2.31. The van der Waals surface area contributed by atoms with Gasteiger partial charge < -0.3 is 5.32 Å². The quantitative estimate of drug-likeness (QED) is 0.816. The van der Waals surface area contributed by atoms with Crippen molar-refractivity contribution in [2.75, 3.05) is 5.32 Å². The smallest absolute Gasteiger partial charge is 0.252 e. The highest BCUT2D eigenvalue weighted by molar-refractivity contribution is 5.56. The van der Waals surface area contributed by atoms with Crippen molar-refractivity contribution < 1.29 is 0 Å². The van der Waals surface area contributed by atoms with E-state index in [1.54, 1.807) is 31.2 Å². The average molecular weight is 226 g/mol. The van der Waals surface area contributed by atoms with Crippen LogP contribution in [-0.2, 0) is 0 Å². The lowest BCUT2D eigenvalue weighted by Crippen LogP contribution is -2.10. The summed E-state index contributed by atoms with van der Waals surface area (Å²) in [5, 5.41) is 11.7. The van der Waals surface area contributed by atoms with Gasteiger partial charge in [0.2, 0.25) is 5.95 Å². The summed E-state index contributed by atoms with van der Waals surface area (Å²) < 4.78 is 0. The van der Waals surface area contributed by atoms with Gasteiger partial charge >= 0.3 is 0 Å². The molecule has 17 heavy (non-hydrogen) atoms. The molecule has 0 unspecified atom stereocenters. The van der Waals surface area contributed by atoms with Gasteiger partial charge in [-0.1, -0.05) is 6.07 Å². The summed E-state index contributed by atoms with van der Waals surface area (Å²) in [6.45, 7) is 1.74. The van der Waals surface area contributed by atoms with E-state index in [1.807, 2.05) is 6.07 Å². The number of hydrogen-bond donors (Lipinski definition) is 2. The molecule has 0 amide bonds. The van der Waals surface area contributed by atoms with Gasteiger partial charge in [-0.15, -0.1) is 0 Å². The van der Waals surface area contributed by atoms with Gasteiger partial charge in [-0.25, -0.2) is 4.98 Å². The van der Waals surface area contributed by atoms with Crippen LogP contribution in [0.15, 0.2) is 35.1 Å². The molecule has 1 aromatic carbocycles. The predicted molar refractivity (Wildman–Crippen MR) is 64.0 cm³/mol. The highest BCUT2D eigenvalue weighted by Gasteiger charge is 1.99. The summed E-state index contributed by atoms with van der Waals surface area (Å²) in [5.41, 5.74) is 1.67. The van der Waals surface area contributed by atoms with Crippen LogP contribution in [0.5, 0.6) is 0 Å². The zero-order valence-electron chi connectivity index (χ0n) is 9.19. The van der Waals surface area contributed by atoms with E-state index < -0.39 is 0 Å². The van der Waals surface area contributed by atoms with Crippen molar-refractivity contribution in [2.24, 2.45) is 0 Å². The molecule has 5 nitrogen and oxygen atoms in total. The maximum Gasteiger partial charge on any atom is 0.252 e. The highest BCUT2D eigenvalue weighted by atomic mass is 16.1. The summed E-state index contributed by atoms with van der Waals surface area (Å²) in [6, 6.07) is 10.4. The molecule has 1 heterocycles. The largest absolute Gasteiger partial charge is 0.326 e. The third kappa shape index (κ3) is 2.69. The number of aryl methyl sites for hydroxylation is 1. The third-order valence-electron chi connectivity index (χ3n) is 2.12. The molecule has 0 saturated heterocycles. The Labute approximate surface area is 97.8 Å². The average Bonchev–Trinajstić information content (AvgIpc) is 2.28. The van der Waals surface area contributed by atoms with Gasteiger partial charge in [-0.05, 0) is 25.1 Å². The standard InChI is InChI=1S/C12H10N4O/c1-8-5-11(17)16-12(14-8)15-10-4-2-3-9(6-10)7-13/h2-6H,1H3,(H2,14,15,16,17). The fourth-order valence-corrected chi connectivity index (χ4v) is 1.44. The van der Waals surface area contributed by atoms with Gasteiger partial charge in [0, 0.05) is 17.4 Å². The number of rotatable bonds is 2. The zero-order chi connectivity index (χ0) is 12.3. The number of H-pyrrole nitrogens is 1. The minimum atomic E-state index is -0.212. The van der Waals surface area contributed by atoms with Crippen molar-refractivity contribution in [3.05, 3.63) is 51.9 Å². The van der Waals surface area contributed by atoms with Crippen LogP contribution >= 0.6 is 0 Å². The number of benzene rings is 1. The van der Waals surface area contributed by atoms with E-state index in [1.165, 1.54) is 6.07 Å². The molecule has 2 aromatic rings. The maximum atomic E-state index is 11.2. The molecule has 0 spiro atoms. The second-order valence-corrected chi connectivity index (χ2v) is 3.55. The van der Waals surface area contributed by atoms with Crippen molar-refractivity contribution in [3.63, 3.8) is 0 Å². The minimum absolute atomic E-state index is 0.212. The Morgan fingerprint density at radius 3 is 2.94 bits per heavy atom. The maximum absolute atomic E-state index is 11.2. The van der Waals surface area contributed by atoms with Crippen LogP contribution in [0.3, 0.4) is 0 Å². The Bertz CT molecular complexity index is 639. The van der Waals surface area contributed by atoms with E-state index in [9.17, 15) is 4.79 Å². The summed E-state index contributed by atoms with van der Waals surface area (Å²) in [4.78, 5) is 17.9. The van der Waals surface area contributed by atoms with Crippen LogP contribution in [-0.4, -0.2) is 9.97 Å². The summed E-state index contributed by atoms with van der Waals surface area (Å²) in [7, 11) is 0. The molecule has 2 N–H and O–H groups in total. The number of nitriles is 1. The summed E-state index contributed by atoms with van der Waals surface area (Å²) >= 11 is 0. The zero-order valence-corrected chi connectivity index (χ0v) is 9.19. The van der Waals surface area contributed by atoms with E-state index in [0.29, 0.717) is 22.9 Å². The van der Waals surface area contributed by atoms with Crippen LogP contribution in [0, 0.1) is 18.3 Å². The van der Waals surface area contributed by atoms with Gasteiger partial charge in [-0.2, -0.15) is 5.26 Å². The van der Waals surface area contributed by atoms with E-state index in [-0.39, 0.29) is 5.56 Å². The molecular formula is C12H10N4O. The number of nitrogens with one attached hydrogen (secondary N) is 2. The van der Waals surface area contributed by atoms with Crippen LogP contribution in [0.1, 0.15) is 11.3 Å². The van der Waals surface area contributed by atoms with Crippen LogP contribution in [0.2, 0.25) is 0 Å². The van der Waals surface area contributed by atoms with Crippen molar-refractivity contribution in [2.45, 2.75) is 6.92 Å². The van der Waals surface area contributed by atoms with Crippen LogP contribution in [0.25, 0.3) is 0 Å². The molecule has 0 aliphatic heterocycles. The van der Waals surface area contributed by atoms with Crippen molar-refractivity contribution in [1.29, 1.82) is 5.26 Å².